The standard InChI is InChI=1S/C19H26N2O5/c1-18(2,3)26-17(23)21-14-10-19(7-8-20-11-19)25-15-6-5-12(9-13(14)15)16(22)24-4/h5-6,9,14,20H,7-8,10-11H2,1-4H3,(H,21,23). The van der Waals surface area contributed by atoms with Crippen molar-refractivity contribution in [3.8, 4) is 5.75 Å². The topological polar surface area (TPSA) is 85.9 Å². The molecule has 0 aromatic heterocycles. The Labute approximate surface area is 153 Å². The molecular weight excluding hydrogens is 336 g/mol. The molecule has 2 N–H and O–H groups in total. The molecule has 142 valence electrons. The molecule has 0 saturated carbocycles. The molecule has 1 aromatic carbocycles. The number of benzene rings is 1. The number of fused-ring (bicyclic) bond motifs is 1. The number of nitrogens with one attached hydrogen (secondary N) is 2. The van der Waals surface area contributed by atoms with Gasteiger partial charge in [0.05, 0.1) is 18.7 Å². The maximum absolute atomic E-state index is 12.3. The van der Waals surface area contributed by atoms with Crippen molar-refractivity contribution >= 4 is 12.1 Å². The SMILES string of the molecule is COC(=O)c1ccc2c(c1)C(NC(=O)OC(C)(C)C)CC1(CCNC1)O2. The minimum Gasteiger partial charge on any atom is -0.485 e. The molecular formula is C19H26N2O5. The molecule has 26 heavy (non-hydrogen) atoms. The molecule has 0 radical (unpaired) electrons. The van der Waals surface area contributed by atoms with E-state index in [2.05, 4.69) is 10.6 Å². The van der Waals surface area contributed by atoms with Crippen LogP contribution in [0.1, 0.15) is 55.6 Å². The summed E-state index contributed by atoms with van der Waals surface area (Å²) in [4.78, 5) is 24.2. The first-order valence-corrected chi connectivity index (χ1v) is 8.83. The van der Waals surface area contributed by atoms with E-state index < -0.39 is 17.7 Å². The van der Waals surface area contributed by atoms with Gasteiger partial charge < -0.3 is 24.8 Å². The van der Waals surface area contributed by atoms with Crippen LogP contribution in [0.3, 0.4) is 0 Å². The van der Waals surface area contributed by atoms with E-state index in [9.17, 15) is 9.59 Å². The molecule has 3 rings (SSSR count). The van der Waals surface area contributed by atoms with Gasteiger partial charge in [-0.3, -0.25) is 0 Å². The van der Waals surface area contributed by atoms with Crippen LogP contribution < -0.4 is 15.4 Å². The lowest BCUT2D eigenvalue weighted by molar-refractivity contribution is 0.0322. The number of rotatable bonds is 2. The summed E-state index contributed by atoms with van der Waals surface area (Å²) < 4.78 is 16.5. The quantitative estimate of drug-likeness (QED) is 0.787. The number of methoxy groups -OCH3 is 1. The first-order chi connectivity index (χ1) is 12.2. The van der Waals surface area contributed by atoms with Gasteiger partial charge in [-0.1, -0.05) is 0 Å². The van der Waals surface area contributed by atoms with Crippen molar-refractivity contribution in [1.82, 2.24) is 10.6 Å². The highest BCUT2D eigenvalue weighted by Crippen LogP contribution is 2.42. The molecule has 7 heteroatoms. The van der Waals surface area contributed by atoms with Gasteiger partial charge >= 0.3 is 12.1 Å². The van der Waals surface area contributed by atoms with E-state index in [4.69, 9.17) is 14.2 Å². The molecule has 1 aromatic rings. The first-order valence-electron chi connectivity index (χ1n) is 8.83. The van der Waals surface area contributed by atoms with Crippen molar-refractivity contribution in [3.05, 3.63) is 29.3 Å². The lowest BCUT2D eigenvalue weighted by Gasteiger charge is -2.40. The van der Waals surface area contributed by atoms with Crippen LogP contribution in [0.5, 0.6) is 5.75 Å². The van der Waals surface area contributed by atoms with Crippen molar-refractivity contribution in [2.24, 2.45) is 0 Å². The van der Waals surface area contributed by atoms with E-state index >= 15 is 0 Å². The lowest BCUT2D eigenvalue weighted by atomic mass is 9.86. The molecule has 0 aliphatic carbocycles. The van der Waals surface area contributed by atoms with Gasteiger partial charge in [-0.25, -0.2) is 9.59 Å². The van der Waals surface area contributed by atoms with Crippen molar-refractivity contribution in [2.75, 3.05) is 20.2 Å². The van der Waals surface area contributed by atoms with Gasteiger partial charge in [-0.2, -0.15) is 0 Å². The highest BCUT2D eigenvalue weighted by molar-refractivity contribution is 5.90. The van der Waals surface area contributed by atoms with Gasteiger partial charge in [0.15, 0.2) is 0 Å². The fourth-order valence-electron chi connectivity index (χ4n) is 3.48. The van der Waals surface area contributed by atoms with Crippen LogP contribution >= 0.6 is 0 Å². The smallest absolute Gasteiger partial charge is 0.408 e. The fourth-order valence-corrected chi connectivity index (χ4v) is 3.48. The number of hydrogen-bond donors (Lipinski definition) is 2. The molecule has 2 unspecified atom stereocenters. The summed E-state index contributed by atoms with van der Waals surface area (Å²) in [5.41, 5.74) is 0.237. The Morgan fingerprint density at radius 1 is 1.35 bits per heavy atom. The Morgan fingerprint density at radius 2 is 2.12 bits per heavy atom. The van der Waals surface area contributed by atoms with Crippen LogP contribution in [0.15, 0.2) is 18.2 Å². The van der Waals surface area contributed by atoms with Crippen molar-refractivity contribution in [3.63, 3.8) is 0 Å². The monoisotopic (exact) mass is 362 g/mol. The predicted octanol–water partition coefficient (Wildman–Crippen LogP) is 2.55. The Bertz CT molecular complexity index is 704. The molecule has 1 fully saturated rings. The molecule has 1 saturated heterocycles. The van der Waals surface area contributed by atoms with Gasteiger partial charge in [0, 0.05) is 24.9 Å². The third-order valence-corrected chi connectivity index (χ3v) is 4.60. The second kappa shape index (κ2) is 6.79. The van der Waals surface area contributed by atoms with E-state index in [1.165, 1.54) is 7.11 Å². The maximum Gasteiger partial charge on any atom is 0.408 e. The van der Waals surface area contributed by atoms with Crippen LogP contribution in [-0.2, 0) is 9.47 Å². The zero-order valence-electron chi connectivity index (χ0n) is 15.7. The number of hydrogen-bond acceptors (Lipinski definition) is 6. The van der Waals surface area contributed by atoms with Crippen LogP contribution in [0, 0.1) is 0 Å². The minimum atomic E-state index is -0.585. The van der Waals surface area contributed by atoms with Crippen molar-refractivity contribution < 1.29 is 23.8 Å². The van der Waals surface area contributed by atoms with Gasteiger partial charge in [0.2, 0.25) is 0 Å². The first kappa shape index (κ1) is 18.5. The van der Waals surface area contributed by atoms with Crippen LogP contribution in [0.25, 0.3) is 0 Å². The Hall–Kier alpha value is -2.28. The summed E-state index contributed by atoms with van der Waals surface area (Å²) in [6, 6.07) is 4.86. The summed E-state index contributed by atoms with van der Waals surface area (Å²) in [6.45, 7) is 7.05. The zero-order chi connectivity index (χ0) is 18.9. The third kappa shape index (κ3) is 3.93. The molecule has 2 aliphatic rings. The summed E-state index contributed by atoms with van der Waals surface area (Å²) in [5.74, 6) is 0.250. The average Bonchev–Trinajstić information content (AvgIpc) is 2.99. The predicted molar refractivity (Wildman–Crippen MR) is 95.4 cm³/mol. The molecule has 2 heterocycles. The number of amides is 1. The minimum absolute atomic E-state index is 0.307. The van der Waals surface area contributed by atoms with Crippen molar-refractivity contribution in [1.29, 1.82) is 0 Å². The highest BCUT2D eigenvalue weighted by Gasteiger charge is 2.44. The number of ether oxygens (including phenoxy) is 3. The molecule has 0 bridgehead atoms. The van der Waals surface area contributed by atoms with E-state index in [1.807, 2.05) is 20.8 Å². The average molecular weight is 362 g/mol. The van der Waals surface area contributed by atoms with Crippen LogP contribution in [-0.4, -0.2) is 43.5 Å². The van der Waals surface area contributed by atoms with Crippen molar-refractivity contribution in [2.45, 2.75) is 50.9 Å². The van der Waals surface area contributed by atoms with E-state index in [0.717, 1.165) is 25.1 Å². The summed E-state index contributed by atoms with van der Waals surface area (Å²) >= 11 is 0. The molecule has 1 amide bonds. The number of carbonyl (C=O) groups excluding carboxylic acids is 2. The summed E-state index contributed by atoms with van der Waals surface area (Å²) in [5, 5.41) is 6.27. The fraction of sp³-hybridized carbons (Fsp3) is 0.579. The highest BCUT2D eigenvalue weighted by atomic mass is 16.6. The number of carbonyl (C=O) groups is 2. The largest absolute Gasteiger partial charge is 0.485 e. The summed E-state index contributed by atoms with van der Waals surface area (Å²) in [7, 11) is 1.34. The maximum atomic E-state index is 12.3. The number of esters is 1. The second-order valence-electron chi connectivity index (χ2n) is 7.86. The lowest BCUT2D eigenvalue weighted by Crippen LogP contribution is -2.47. The van der Waals surface area contributed by atoms with Gasteiger partial charge in [-0.05, 0) is 45.5 Å². The molecule has 1 spiro atoms. The molecule has 2 aliphatic heterocycles. The van der Waals surface area contributed by atoms with Gasteiger partial charge in [0.25, 0.3) is 0 Å². The number of alkyl carbamates (subject to hydrolysis) is 1. The zero-order valence-corrected chi connectivity index (χ0v) is 15.7. The molecule has 2 atom stereocenters. The van der Waals surface area contributed by atoms with Gasteiger partial charge in [0.1, 0.15) is 17.0 Å². The Balaban J connectivity index is 1.91. The van der Waals surface area contributed by atoms with Gasteiger partial charge in [-0.15, -0.1) is 0 Å². The Morgan fingerprint density at radius 3 is 2.73 bits per heavy atom. The van der Waals surface area contributed by atoms with Crippen LogP contribution in [0.4, 0.5) is 4.79 Å². The van der Waals surface area contributed by atoms with E-state index in [0.29, 0.717) is 17.7 Å². The summed E-state index contributed by atoms with van der Waals surface area (Å²) in [6.07, 6.45) is 0.981. The van der Waals surface area contributed by atoms with Crippen LogP contribution in [0.2, 0.25) is 0 Å². The molecule has 7 nitrogen and oxygen atoms in total. The normalized spacial score (nSPS) is 24.5. The van der Waals surface area contributed by atoms with E-state index in [1.54, 1.807) is 18.2 Å². The third-order valence-electron chi connectivity index (χ3n) is 4.60. The second-order valence-corrected chi connectivity index (χ2v) is 7.86. The van der Waals surface area contributed by atoms with E-state index in [-0.39, 0.29) is 11.6 Å². The Kier molecular flexibility index (Phi) is 4.84.